The summed E-state index contributed by atoms with van der Waals surface area (Å²) < 4.78 is 56.5. The largest absolute Gasteiger partial charge is 0.481 e. The highest BCUT2D eigenvalue weighted by Gasteiger charge is 2.46. The average molecular weight is 1030 g/mol. The zero-order valence-electron chi connectivity index (χ0n) is 40.8. The van der Waals surface area contributed by atoms with E-state index in [1.165, 1.54) is 31.7 Å². The monoisotopic (exact) mass is 1030 g/mol. The Morgan fingerprint density at radius 3 is 1.97 bits per heavy atom. The highest BCUT2D eigenvalue weighted by atomic mass is 31.3. The van der Waals surface area contributed by atoms with Gasteiger partial charge in [-0.3, -0.25) is 23.2 Å². The van der Waals surface area contributed by atoms with Gasteiger partial charge < -0.3 is 50.2 Å². The van der Waals surface area contributed by atoms with Crippen LogP contribution < -0.4 is 11.4 Å². The predicted molar refractivity (Wildman–Crippen MR) is 264 cm³/mol. The summed E-state index contributed by atoms with van der Waals surface area (Å²) in [5.41, 5.74) is 4.56. The lowest BCUT2D eigenvalue weighted by Gasteiger charge is -2.21. The molecule has 1 saturated heterocycles. The van der Waals surface area contributed by atoms with Gasteiger partial charge in [-0.25, -0.2) is 13.9 Å². The van der Waals surface area contributed by atoms with Crippen molar-refractivity contribution in [3.63, 3.8) is 0 Å². The molecule has 0 aliphatic carbocycles. The number of unbranched alkanes of at least 4 members (excludes halogenated alkanes) is 11. The number of carbonyl (C=O) groups excluding carboxylic acids is 2. The first kappa shape index (κ1) is 62.5. The Morgan fingerprint density at radius 1 is 0.757 bits per heavy atom. The van der Waals surface area contributed by atoms with E-state index in [1.807, 2.05) is 24.3 Å². The zero-order valence-corrected chi connectivity index (χ0v) is 42.6. The van der Waals surface area contributed by atoms with Gasteiger partial charge in [-0.2, -0.15) is 9.29 Å². The lowest BCUT2D eigenvalue weighted by Crippen LogP contribution is -2.36. The maximum atomic E-state index is 12.8. The number of aliphatic hydroxyl groups is 4. The molecule has 0 radical (unpaired) electrons. The van der Waals surface area contributed by atoms with Crippen LogP contribution in [0.3, 0.4) is 0 Å². The van der Waals surface area contributed by atoms with Gasteiger partial charge in [0.15, 0.2) is 12.3 Å². The molecule has 2 rings (SSSR count). The van der Waals surface area contributed by atoms with E-state index in [0.717, 1.165) is 75.0 Å². The molecule has 1 aliphatic rings. The Balaban J connectivity index is 1.88. The van der Waals surface area contributed by atoms with E-state index in [4.69, 9.17) is 29.0 Å². The maximum absolute atomic E-state index is 12.8. The second kappa shape index (κ2) is 36.3. The summed E-state index contributed by atoms with van der Waals surface area (Å²) in [5, 5.41) is 41.1. The summed E-state index contributed by atoms with van der Waals surface area (Å²) in [6.45, 7) is 1.79. The number of phosphoric ester groups is 2. The topological polar surface area (TPSA) is 306 Å². The van der Waals surface area contributed by atoms with Crippen LogP contribution in [0.4, 0.5) is 5.82 Å². The van der Waals surface area contributed by atoms with Crippen molar-refractivity contribution in [3.05, 3.63) is 83.5 Å². The van der Waals surface area contributed by atoms with Gasteiger partial charge in [0, 0.05) is 19.0 Å². The number of nitrogens with two attached hydrogens (primary N) is 1. The molecule has 0 amide bonds. The molecule has 1 aromatic rings. The number of carbonyl (C=O) groups is 2. The number of anilines is 1. The fourth-order valence-corrected chi connectivity index (χ4v) is 8.98. The number of allylic oxidation sites excluding steroid dienone is 8. The lowest BCUT2D eigenvalue weighted by molar-refractivity contribution is -0.161. The average Bonchev–Trinajstić information content (AvgIpc) is 3.58. The van der Waals surface area contributed by atoms with Gasteiger partial charge in [0.05, 0.1) is 25.4 Å². The standard InChI is InChI=1S/C48H79N3O17P2/c1-3-5-7-8-9-10-11-12-13-14-18-21-25-31-44(55)66-40(35-63-43(54)32-26-30-39(53)29-24-20-17-15-16-19-23-28-38(52)27-22-6-4-2)36-64-69(59,60)68-70(61,62)65-37-41-45(56)46(57)47(67-41)51-34-33-42(49)50-48(51)58/h10-11,16-17,19-20,23-24,28-29,33-34,38-41,45-47,52-53,56-57H,3-9,12-15,18,21-22,25-27,30-32,35-37H2,1-2H3,(H,59,60)(H,61,62)(H2,49,50,58)/b11-10-,19-16-,20-17-,28-23+,29-24+/t38-,39-,40+,41+,45+,46+,47+/m0/s1. The van der Waals surface area contributed by atoms with Gasteiger partial charge in [0.25, 0.3) is 0 Å². The highest BCUT2D eigenvalue weighted by molar-refractivity contribution is 7.61. The molecule has 9 atom stereocenters. The number of nitrogens with zero attached hydrogens (tertiary/aromatic N) is 2. The van der Waals surface area contributed by atoms with Crippen LogP contribution in [0.1, 0.15) is 148 Å². The first-order chi connectivity index (χ1) is 33.5. The molecule has 1 aliphatic heterocycles. The third-order valence-electron chi connectivity index (χ3n) is 10.8. The molecule has 20 nitrogen and oxygen atoms in total. The Hall–Kier alpha value is -3.62. The van der Waals surface area contributed by atoms with Crippen molar-refractivity contribution in [2.45, 2.75) is 185 Å². The first-order valence-corrected chi connectivity index (χ1v) is 27.5. The molecule has 1 aromatic heterocycles. The Kier molecular flexibility index (Phi) is 32.4. The quantitative estimate of drug-likeness (QED) is 0.0110. The lowest BCUT2D eigenvalue weighted by atomic mass is 10.1. The third-order valence-corrected chi connectivity index (χ3v) is 13.4. The van der Waals surface area contributed by atoms with Crippen molar-refractivity contribution in [1.29, 1.82) is 0 Å². The van der Waals surface area contributed by atoms with E-state index in [2.05, 4.69) is 35.3 Å². The minimum Gasteiger partial charge on any atom is -0.462 e. The van der Waals surface area contributed by atoms with E-state index in [9.17, 15) is 53.7 Å². The molecule has 22 heteroatoms. The summed E-state index contributed by atoms with van der Waals surface area (Å²) in [5.74, 6) is -1.55. The Morgan fingerprint density at radius 2 is 1.33 bits per heavy atom. The number of aromatic nitrogens is 2. The van der Waals surface area contributed by atoms with Gasteiger partial charge in [-0.15, -0.1) is 0 Å². The van der Waals surface area contributed by atoms with Gasteiger partial charge in [-0.1, -0.05) is 132 Å². The highest BCUT2D eigenvalue weighted by Crippen LogP contribution is 2.60. The number of ether oxygens (including phenoxy) is 3. The molecule has 2 unspecified atom stereocenters. The van der Waals surface area contributed by atoms with E-state index >= 15 is 0 Å². The van der Waals surface area contributed by atoms with Crippen LogP contribution in [0.15, 0.2) is 77.8 Å². The number of phosphoric acid groups is 2. The zero-order chi connectivity index (χ0) is 51.6. The molecular weight excluding hydrogens is 952 g/mol. The SMILES string of the molecule is CCCCCC/C=C\CCCCCCCC(=O)O[C@H](COC(=O)CCC[C@@H](O)/C=C/C=C\C/C=C\C=C\[C@@H](O)CCCCC)COP(=O)(O)OP(=O)(O)OC[C@H]1O[C@@H](n2ccc(N)nc2=O)[C@H](O)[C@@H]1O. The first-order valence-electron chi connectivity index (χ1n) is 24.5. The molecule has 1 fully saturated rings. The maximum Gasteiger partial charge on any atom is 0.481 e. The molecule has 0 saturated carbocycles. The minimum absolute atomic E-state index is 0.0118. The molecule has 70 heavy (non-hydrogen) atoms. The normalized spacial score (nSPS) is 20.7. The van der Waals surface area contributed by atoms with Crippen LogP contribution >= 0.6 is 15.6 Å². The van der Waals surface area contributed by atoms with E-state index in [0.29, 0.717) is 12.8 Å². The van der Waals surface area contributed by atoms with Crippen molar-refractivity contribution in [2.75, 3.05) is 25.6 Å². The van der Waals surface area contributed by atoms with E-state index in [1.54, 1.807) is 24.3 Å². The Bertz CT molecular complexity index is 1940. The molecule has 398 valence electrons. The van der Waals surface area contributed by atoms with Crippen molar-refractivity contribution in [2.24, 2.45) is 0 Å². The molecule has 0 spiro atoms. The fraction of sp³-hybridized carbons (Fsp3) is 0.667. The van der Waals surface area contributed by atoms with Crippen LogP contribution in [0.2, 0.25) is 0 Å². The van der Waals surface area contributed by atoms with Crippen molar-refractivity contribution >= 4 is 33.4 Å². The summed E-state index contributed by atoms with van der Waals surface area (Å²) in [4.78, 5) is 61.8. The van der Waals surface area contributed by atoms with E-state index in [-0.39, 0.29) is 31.5 Å². The molecule has 2 heterocycles. The van der Waals surface area contributed by atoms with Crippen molar-refractivity contribution in [1.82, 2.24) is 9.55 Å². The van der Waals surface area contributed by atoms with Gasteiger partial charge in [-0.05, 0) is 63.9 Å². The molecular formula is C48H79N3O17P2. The molecule has 0 bridgehead atoms. The van der Waals surface area contributed by atoms with Crippen LogP contribution in [0, 0.1) is 0 Å². The second-order valence-corrected chi connectivity index (χ2v) is 20.0. The minimum atomic E-state index is -5.47. The smallest absolute Gasteiger partial charge is 0.462 e. The van der Waals surface area contributed by atoms with Gasteiger partial charge >= 0.3 is 33.3 Å². The fourth-order valence-electron chi connectivity index (χ4n) is 6.87. The Labute approximate surface area is 412 Å². The van der Waals surface area contributed by atoms with Crippen LogP contribution in [-0.4, -0.2) is 108 Å². The summed E-state index contributed by atoms with van der Waals surface area (Å²) in [6, 6.07) is 1.23. The van der Waals surface area contributed by atoms with Gasteiger partial charge in [0.1, 0.15) is 30.7 Å². The number of nitrogen functional groups attached to an aromatic ring is 1. The van der Waals surface area contributed by atoms with Crippen LogP contribution in [0.25, 0.3) is 0 Å². The number of esters is 2. The van der Waals surface area contributed by atoms with Crippen molar-refractivity contribution < 1.29 is 76.5 Å². The van der Waals surface area contributed by atoms with Crippen LogP contribution in [-0.2, 0) is 46.3 Å². The summed E-state index contributed by atoms with van der Waals surface area (Å²) in [7, 11) is -10.9. The summed E-state index contributed by atoms with van der Waals surface area (Å²) >= 11 is 0. The third kappa shape index (κ3) is 29.0. The summed E-state index contributed by atoms with van der Waals surface area (Å²) in [6.07, 6.45) is 26.6. The number of aliphatic hydroxyl groups excluding tert-OH is 4. The molecule has 0 aromatic carbocycles. The molecule has 8 N–H and O–H groups in total. The van der Waals surface area contributed by atoms with E-state index < -0.39 is 95.9 Å². The number of hydrogen-bond acceptors (Lipinski definition) is 17. The van der Waals surface area contributed by atoms with Crippen LogP contribution in [0.5, 0.6) is 0 Å². The van der Waals surface area contributed by atoms with Crippen molar-refractivity contribution in [3.8, 4) is 0 Å². The number of rotatable bonds is 39. The number of hydrogen-bond donors (Lipinski definition) is 7. The second-order valence-electron chi connectivity index (χ2n) is 17.0. The predicted octanol–water partition coefficient (Wildman–Crippen LogP) is 7.49. The van der Waals surface area contributed by atoms with Gasteiger partial charge in [0.2, 0.25) is 0 Å².